The van der Waals surface area contributed by atoms with Crippen LogP contribution in [0.2, 0.25) is 0 Å². The summed E-state index contributed by atoms with van der Waals surface area (Å²) in [5, 5.41) is 2.03. The quantitative estimate of drug-likeness (QED) is 0.672. The molecule has 2 rings (SSSR count). The van der Waals surface area contributed by atoms with Crippen molar-refractivity contribution in [2.24, 2.45) is 5.84 Å². The van der Waals surface area contributed by atoms with E-state index in [0.29, 0.717) is 0 Å². The molecule has 15 heavy (non-hydrogen) atoms. The van der Waals surface area contributed by atoms with Crippen molar-refractivity contribution in [3.8, 4) is 0 Å². The Labute approximate surface area is 100 Å². The molecule has 0 amide bonds. The number of rotatable bonds is 3. The number of thiophene rings is 1. The molecule has 0 spiro atoms. The maximum atomic E-state index is 5.57. The number of halogens is 1. The summed E-state index contributed by atoms with van der Waals surface area (Å²) in [7, 11) is 0. The normalized spacial score (nSPS) is 12.7. The summed E-state index contributed by atoms with van der Waals surface area (Å²) in [4.78, 5) is 5.24. The zero-order valence-corrected chi connectivity index (χ0v) is 10.3. The van der Waals surface area contributed by atoms with Gasteiger partial charge in [0.1, 0.15) is 0 Å². The van der Waals surface area contributed by atoms with Gasteiger partial charge in [0.2, 0.25) is 0 Å². The minimum absolute atomic E-state index is 0.00641. The zero-order chi connectivity index (χ0) is 10.7. The lowest BCUT2D eigenvalue weighted by atomic mass is 10.1. The van der Waals surface area contributed by atoms with E-state index in [-0.39, 0.29) is 6.04 Å². The first-order chi connectivity index (χ1) is 7.33. The van der Waals surface area contributed by atoms with Crippen LogP contribution in [-0.4, -0.2) is 4.98 Å². The van der Waals surface area contributed by atoms with Gasteiger partial charge in [-0.2, -0.15) is 0 Å². The summed E-state index contributed by atoms with van der Waals surface area (Å²) in [5.41, 5.74) is 3.86. The standard InChI is InChI=1S/C10H10BrN3S/c11-8-3-5-15-10(8)9(14-12)7-2-1-4-13-6-7/h1-6,9,14H,12H2. The van der Waals surface area contributed by atoms with Crippen molar-refractivity contribution in [3.63, 3.8) is 0 Å². The molecule has 2 heterocycles. The maximum Gasteiger partial charge on any atom is 0.0828 e. The fourth-order valence-corrected chi connectivity index (χ4v) is 3.07. The van der Waals surface area contributed by atoms with Gasteiger partial charge >= 0.3 is 0 Å². The molecule has 3 N–H and O–H groups in total. The SMILES string of the molecule is NNC(c1cccnc1)c1sccc1Br. The van der Waals surface area contributed by atoms with E-state index in [1.165, 1.54) is 0 Å². The van der Waals surface area contributed by atoms with Crippen LogP contribution in [0.3, 0.4) is 0 Å². The van der Waals surface area contributed by atoms with Gasteiger partial charge in [-0.25, -0.2) is 5.43 Å². The van der Waals surface area contributed by atoms with Gasteiger partial charge in [0, 0.05) is 21.7 Å². The number of hydrazine groups is 1. The Morgan fingerprint density at radius 3 is 2.87 bits per heavy atom. The molecule has 2 aromatic heterocycles. The third-order valence-corrected chi connectivity index (χ3v) is 4.03. The fraction of sp³-hybridized carbons (Fsp3) is 0.100. The molecule has 0 aliphatic heterocycles. The number of nitrogens with zero attached hydrogens (tertiary/aromatic N) is 1. The smallest absolute Gasteiger partial charge is 0.0828 e. The van der Waals surface area contributed by atoms with Crippen molar-refractivity contribution in [1.29, 1.82) is 0 Å². The van der Waals surface area contributed by atoms with Gasteiger partial charge in [0.05, 0.1) is 6.04 Å². The van der Waals surface area contributed by atoms with E-state index in [9.17, 15) is 0 Å². The van der Waals surface area contributed by atoms with Gasteiger partial charge in [0.15, 0.2) is 0 Å². The number of nitrogens with two attached hydrogens (primary N) is 1. The van der Waals surface area contributed by atoms with Crippen LogP contribution in [0.1, 0.15) is 16.5 Å². The van der Waals surface area contributed by atoms with Crippen LogP contribution in [0.5, 0.6) is 0 Å². The molecule has 5 heteroatoms. The lowest BCUT2D eigenvalue weighted by Crippen LogP contribution is -2.28. The van der Waals surface area contributed by atoms with Gasteiger partial charge in [-0.15, -0.1) is 11.3 Å². The molecule has 2 aromatic rings. The molecule has 0 saturated heterocycles. The Morgan fingerprint density at radius 2 is 2.33 bits per heavy atom. The molecular formula is C10H10BrN3S. The number of pyridine rings is 1. The Hall–Kier alpha value is -0.750. The van der Waals surface area contributed by atoms with E-state index in [1.54, 1.807) is 17.5 Å². The van der Waals surface area contributed by atoms with Gasteiger partial charge in [-0.05, 0) is 39.0 Å². The van der Waals surface area contributed by atoms with Crippen LogP contribution >= 0.6 is 27.3 Å². The monoisotopic (exact) mass is 283 g/mol. The molecule has 0 saturated carbocycles. The van der Waals surface area contributed by atoms with Crippen LogP contribution in [0.25, 0.3) is 0 Å². The van der Waals surface area contributed by atoms with Crippen LogP contribution in [-0.2, 0) is 0 Å². The van der Waals surface area contributed by atoms with Crippen molar-refractivity contribution in [2.75, 3.05) is 0 Å². The van der Waals surface area contributed by atoms with Crippen molar-refractivity contribution in [3.05, 3.63) is 50.9 Å². The van der Waals surface area contributed by atoms with E-state index in [4.69, 9.17) is 5.84 Å². The number of hydrogen-bond donors (Lipinski definition) is 2. The second-order valence-corrected chi connectivity index (χ2v) is 4.82. The van der Waals surface area contributed by atoms with Crippen molar-refractivity contribution >= 4 is 27.3 Å². The number of hydrogen-bond acceptors (Lipinski definition) is 4. The molecule has 78 valence electrons. The second kappa shape index (κ2) is 4.85. The molecule has 0 aromatic carbocycles. The predicted molar refractivity (Wildman–Crippen MR) is 65.4 cm³/mol. The summed E-state index contributed by atoms with van der Waals surface area (Å²) in [5.74, 6) is 5.57. The topological polar surface area (TPSA) is 50.9 Å². The molecule has 0 radical (unpaired) electrons. The highest BCUT2D eigenvalue weighted by Gasteiger charge is 2.16. The molecule has 0 bridgehead atoms. The third-order valence-electron chi connectivity index (χ3n) is 2.09. The molecule has 0 aliphatic rings. The van der Waals surface area contributed by atoms with Crippen LogP contribution in [0, 0.1) is 0 Å². The summed E-state index contributed by atoms with van der Waals surface area (Å²) in [6.45, 7) is 0. The van der Waals surface area contributed by atoms with E-state index >= 15 is 0 Å². The Morgan fingerprint density at radius 1 is 1.47 bits per heavy atom. The highest BCUT2D eigenvalue weighted by molar-refractivity contribution is 9.10. The minimum Gasteiger partial charge on any atom is -0.271 e. The highest BCUT2D eigenvalue weighted by Crippen LogP contribution is 2.32. The summed E-state index contributed by atoms with van der Waals surface area (Å²) in [6, 6.07) is 5.92. The summed E-state index contributed by atoms with van der Waals surface area (Å²) >= 11 is 5.16. The van der Waals surface area contributed by atoms with Gasteiger partial charge in [0.25, 0.3) is 0 Å². The molecule has 1 unspecified atom stereocenters. The summed E-state index contributed by atoms with van der Waals surface area (Å²) in [6.07, 6.45) is 3.57. The Kier molecular flexibility index (Phi) is 3.48. The predicted octanol–water partition coefficient (Wildman–Crippen LogP) is 2.46. The van der Waals surface area contributed by atoms with Crippen LogP contribution in [0.15, 0.2) is 40.4 Å². The average Bonchev–Trinajstić information content (AvgIpc) is 2.68. The fourth-order valence-electron chi connectivity index (χ4n) is 1.38. The largest absolute Gasteiger partial charge is 0.271 e. The lowest BCUT2D eigenvalue weighted by molar-refractivity contribution is 0.642. The van der Waals surface area contributed by atoms with Crippen molar-refractivity contribution in [2.45, 2.75) is 6.04 Å². The number of aromatic nitrogens is 1. The molecule has 0 fully saturated rings. The second-order valence-electron chi connectivity index (χ2n) is 3.02. The highest BCUT2D eigenvalue weighted by atomic mass is 79.9. The van der Waals surface area contributed by atoms with E-state index < -0.39 is 0 Å². The first kappa shape index (κ1) is 10.8. The van der Waals surface area contributed by atoms with Gasteiger partial charge in [-0.1, -0.05) is 6.07 Å². The molecule has 0 aliphatic carbocycles. The first-order valence-corrected chi connectivity index (χ1v) is 6.09. The van der Waals surface area contributed by atoms with Crippen molar-refractivity contribution in [1.82, 2.24) is 10.4 Å². The van der Waals surface area contributed by atoms with E-state index in [1.807, 2.05) is 29.8 Å². The molecular weight excluding hydrogens is 274 g/mol. The number of nitrogens with one attached hydrogen (secondary N) is 1. The van der Waals surface area contributed by atoms with Crippen LogP contribution < -0.4 is 11.3 Å². The lowest BCUT2D eigenvalue weighted by Gasteiger charge is -2.14. The van der Waals surface area contributed by atoms with E-state index in [2.05, 4.69) is 26.3 Å². The van der Waals surface area contributed by atoms with Crippen molar-refractivity contribution < 1.29 is 0 Å². The average molecular weight is 284 g/mol. The minimum atomic E-state index is -0.00641. The van der Waals surface area contributed by atoms with Gasteiger partial charge < -0.3 is 0 Å². The van der Waals surface area contributed by atoms with Crippen LogP contribution in [0.4, 0.5) is 0 Å². The first-order valence-electron chi connectivity index (χ1n) is 4.42. The zero-order valence-electron chi connectivity index (χ0n) is 7.85. The molecule has 3 nitrogen and oxygen atoms in total. The van der Waals surface area contributed by atoms with E-state index in [0.717, 1.165) is 14.9 Å². The summed E-state index contributed by atoms with van der Waals surface area (Å²) < 4.78 is 1.07. The Balaban J connectivity index is 2.37. The third kappa shape index (κ3) is 2.26. The van der Waals surface area contributed by atoms with Gasteiger partial charge in [-0.3, -0.25) is 10.8 Å². The maximum absolute atomic E-state index is 5.57. The molecule has 1 atom stereocenters. The Bertz CT molecular complexity index is 429.